The molecule has 0 aliphatic carbocycles. The Kier molecular flexibility index (Phi) is 8.01. The van der Waals surface area contributed by atoms with Crippen LogP contribution in [0.5, 0.6) is 11.5 Å². The van der Waals surface area contributed by atoms with Crippen molar-refractivity contribution in [3.8, 4) is 11.5 Å². The SMILES string of the molecule is COCCN1C(=O)/C(=C\c2cc(Cl)c(OC(C)C)c(OC)c2)SC1=Nc1ccccc1. The molecular weight excluding hydrogens is 436 g/mol. The smallest absolute Gasteiger partial charge is 0.266 e. The Morgan fingerprint density at radius 1 is 1.19 bits per heavy atom. The molecular formula is C23H25ClN2O4S. The highest BCUT2D eigenvalue weighted by Gasteiger charge is 2.33. The first-order valence-electron chi connectivity index (χ1n) is 9.81. The molecule has 1 heterocycles. The Bertz CT molecular complexity index is 993. The largest absolute Gasteiger partial charge is 0.493 e. The number of halogens is 1. The van der Waals surface area contributed by atoms with Crippen LogP contribution < -0.4 is 9.47 Å². The lowest BCUT2D eigenvalue weighted by molar-refractivity contribution is -0.122. The fourth-order valence-electron chi connectivity index (χ4n) is 2.91. The van der Waals surface area contributed by atoms with Gasteiger partial charge in [-0.15, -0.1) is 0 Å². The van der Waals surface area contributed by atoms with Crippen LogP contribution in [-0.4, -0.2) is 49.4 Å². The van der Waals surface area contributed by atoms with Gasteiger partial charge in [0.25, 0.3) is 5.91 Å². The van der Waals surface area contributed by atoms with Gasteiger partial charge in [-0.1, -0.05) is 29.8 Å². The summed E-state index contributed by atoms with van der Waals surface area (Å²) in [5, 5.41) is 1.03. The van der Waals surface area contributed by atoms with Crippen LogP contribution in [0.2, 0.25) is 5.02 Å². The number of benzene rings is 2. The second kappa shape index (κ2) is 10.7. The molecule has 1 saturated heterocycles. The fourth-order valence-corrected chi connectivity index (χ4v) is 4.20. The number of nitrogens with zero attached hydrogens (tertiary/aromatic N) is 2. The normalized spacial score (nSPS) is 16.6. The summed E-state index contributed by atoms with van der Waals surface area (Å²) in [6.45, 7) is 4.66. The molecule has 0 atom stereocenters. The Labute approximate surface area is 191 Å². The lowest BCUT2D eigenvalue weighted by Crippen LogP contribution is -2.32. The third kappa shape index (κ3) is 5.81. The van der Waals surface area contributed by atoms with E-state index >= 15 is 0 Å². The van der Waals surface area contributed by atoms with Crippen molar-refractivity contribution in [1.82, 2.24) is 4.90 Å². The number of hydrogen-bond donors (Lipinski definition) is 0. The maximum absolute atomic E-state index is 13.1. The molecule has 6 nitrogen and oxygen atoms in total. The van der Waals surface area contributed by atoms with Crippen molar-refractivity contribution < 1.29 is 19.0 Å². The number of methoxy groups -OCH3 is 2. The highest BCUT2D eigenvalue weighted by atomic mass is 35.5. The standard InChI is InChI=1S/C23H25ClN2O4S/c1-15(2)30-21-18(24)12-16(13-19(21)29-4)14-20-22(27)26(10-11-28-3)23(31-20)25-17-8-6-5-7-9-17/h5-9,12-15H,10-11H2,1-4H3/b20-14+,25-23?. The number of aliphatic imine (C=N–C) groups is 1. The number of amidine groups is 1. The first-order chi connectivity index (χ1) is 14.9. The van der Waals surface area contributed by atoms with E-state index in [9.17, 15) is 4.79 Å². The van der Waals surface area contributed by atoms with Crippen molar-refractivity contribution in [2.75, 3.05) is 27.4 Å². The van der Waals surface area contributed by atoms with Crippen molar-refractivity contribution in [2.24, 2.45) is 4.99 Å². The van der Waals surface area contributed by atoms with Crippen LogP contribution in [0, 0.1) is 0 Å². The quantitative estimate of drug-likeness (QED) is 0.494. The average Bonchev–Trinajstić information content (AvgIpc) is 3.02. The number of carbonyl (C=O) groups is 1. The molecule has 8 heteroatoms. The van der Waals surface area contributed by atoms with Gasteiger partial charge >= 0.3 is 0 Å². The Hall–Kier alpha value is -2.48. The summed E-state index contributed by atoms with van der Waals surface area (Å²) in [5.41, 5.74) is 1.52. The number of carbonyl (C=O) groups excluding carboxylic acids is 1. The number of para-hydroxylation sites is 1. The van der Waals surface area contributed by atoms with Crippen LogP contribution in [0.1, 0.15) is 19.4 Å². The number of hydrogen-bond acceptors (Lipinski definition) is 6. The molecule has 1 aliphatic rings. The van der Waals surface area contributed by atoms with E-state index in [0.29, 0.717) is 39.7 Å². The third-order valence-corrected chi connectivity index (χ3v) is 5.58. The molecule has 0 aromatic heterocycles. The van der Waals surface area contributed by atoms with Crippen LogP contribution in [-0.2, 0) is 9.53 Å². The molecule has 1 amide bonds. The maximum Gasteiger partial charge on any atom is 0.266 e. The Morgan fingerprint density at radius 3 is 2.58 bits per heavy atom. The van der Waals surface area contributed by atoms with E-state index in [0.717, 1.165) is 11.3 Å². The zero-order chi connectivity index (χ0) is 22.4. The number of rotatable bonds is 8. The summed E-state index contributed by atoms with van der Waals surface area (Å²) >= 11 is 7.75. The number of amides is 1. The molecule has 0 saturated carbocycles. The first-order valence-corrected chi connectivity index (χ1v) is 11.0. The van der Waals surface area contributed by atoms with Gasteiger partial charge in [-0.3, -0.25) is 9.69 Å². The molecule has 0 N–H and O–H groups in total. The van der Waals surface area contributed by atoms with E-state index in [2.05, 4.69) is 4.99 Å². The van der Waals surface area contributed by atoms with Gasteiger partial charge < -0.3 is 14.2 Å². The van der Waals surface area contributed by atoms with Gasteiger partial charge in [0.15, 0.2) is 16.7 Å². The molecule has 0 unspecified atom stereocenters. The van der Waals surface area contributed by atoms with Gasteiger partial charge in [0.05, 0.1) is 42.0 Å². The van der Waals surface area contributed by atoms with Crippen LogP contribution in [0.4, 0.5) is 5.69 Å². The predicted octanol–water partition coefficient (Wildman–Crippen LogP) is 5.39. The van der Waals surface area contributed by atoms with E-state index in [-0.39, 0.29) is 12.0 Å². The maximum atomic E-state index is 13.1. The van der Waals surface area contributed by atoms with Crippen molar-refractivity contribution in [1.29, 1.82) is 0 Å². The minimum atomic E-state index is -0.130. The summed E-state index contributed by atoms with van der Waals surface area (Å²) in [5.74, 6) is 0.868. The minimum Gasteiger partial charge on any atom is -0.493 e. The lowest BCUT2D eigenvalue weighted by Gasteiger charge is -2.16. The van der Waals surface area contributed by atoms with Crippen LogP contribution in [0.25, 0.3) is 6.08 Å². The molecule has 2 aromatic rings. The van der Waals surface area contributed by atoms with Crippen LogP contribution in [0.3, 0.4) is 0 Å². The number of thioether (sulfide) groups is 1. The van der Waals surface area contributed by atoms with Gasteiger partial charge in [0.2, 0.25) is 0 Å². The zero-order valence-electron chi connectivity index (χ0n) is 17.9. The van der Waals surface area contributed by atoms with Gasteiger partial charge in [0.1, 0.15) is 0 Å². The molecule has 31 heavy (non-hydrogen) atoms. The average molecular weight is 461 g/mol. The molecule has 1 aliphatic heterocycles. The van der Waals surface area contributed by atoms with E-state index in [1.807, 2.05) is 44.2 Å². The fraction of sp³-hybridized carbons (Fsp3) is 0.304. The minimum absolute atomic E-state index is 0.0475. The Balaban J connectivity index is 1.95. The number of ether oxygens (including phenoxy) is 3. The predicted molar refractivity (Wildman–Crippen MR) is 126 cm³/mol. The van der Waals surface area contributed by atoms with Gasteiger partial charge in [-0.05, 0) is 61.5 Å². The molecule has 164 valence electrons. The van der Waals surface area contributed by atoms with E-state index < -0.39 is 0 Å². The van der Waals surface area contributed by atoms with Gasteiger partial charge in [-0.25, -0.2) is 4.99 Å². The van der Waals surface area contributed by atoms with Crippen molar-refractivity contribution in [3.63, 3.8) is 0 Å². The van der Waals surface area contributed by atoms with Crippen molar-refractivity contribution >= 4 is 46.2 Å². The third-order valence-electron chi connectivity index (χ3n) is 4.29. The van der Waals surface area contributed by atoms with E-state index in [1.54, 1.807) is 37.3 Å². The van der Waals surface area contributed by atoms with Crippen molar-refractivity contribution in [2.45, 2.75) is 20.0 Å². The molecule has 0 spiro atoms. The monoisotopic (exact) mass is 460 g/mol. The molecule has 3 rings (SSSR count). The second-order valence-corrected chi connectivity index (χ2v) is 8.41. The molecule has 2 aromatic carbocycles. The summed E-state index contributed by atoms with van der Waals surface area (Å²) in [6.07, 6.45) is 1.74. The lowest BCUT2D eigenvalue weighted by atomic mass is 10.1. The summed E-state index contributed by atoms with van der Waals surface area (Å²) < 4.78 is 16.4. The first kappa shape index (κ1) is 23.2. The summed E-state index contributed by atoms with van der Waals surface area (Å²) in [6, 6.07) is 13.1. The van der Waals surface area contributed by atoms with E-state index in [1.165, 1.54) is 11.8 Å². The van der Waals surface area contributed by atoms with Gasteiger partial charge in [-0.2, -0.15) is 0 Å². The second-order valence-electron chi connectivity index (χ2n) is 6.99. The van der Waals surface area contributed by atoms with Gasteiger partial charge in [0, 0.05) is 7.11 Å². The van der Waals surface area contributed by atoms with Crippen LogP contribution in [0.15, 0.2) is 52.4 Å². The Morgan fingerprint density at radius 2 is 1.94 bits per heavy atom. The highest BCUT2D eigenvalue weighted by Crippen LogP contribution is 2.39. The molecule has 0 bridgehead atoms. The van der Waals surface area contributed by atoms with Crippen molar-refractivity contribution in [3.05, 3.63) is 58.0 Å². The molecule has 1 fully saturated rings. The van der Waals surface area contributed by atoms with Crippen LogP contribution >= 0.6 is 23.4 Å². The summed E-state index contributed by atoms with van der Waals surface area (Å²) in [4.78, 5) is 19.9. The summed E-state index contributed by atoms with van der Waals surface area (Å²) in [7, 11) is 3.16. The molecule has 0 radical (unpaired) electrons. The highest BCUT2D eigenvalue weighted by molar-refractivity contribution is 8.18. The topological polar surface area (TPSA) is 60.4 Å². The van der Waals surface area contributed by atoms with E-state index in [4.69, 9.17) is 25.8 Å². The zero-order valence-corrected chi connectivity index (χ0v) is 19.5.